The Morgan fingerprint density at radius 1 is 0.944 bits per heavy atom. The molecule has 0 aliphatic rings. The van der Waals surface area contributed by atoms with E-state index in [1.807, 2.05) is 0 Å². The standard InChI is InChI=1S/C27H21ClFN3O3S/c28-20-14-23-24(17-32(27(23)31-16-20)36(34,35)22-7-2-1-3-8-22)26(33)19-11-13-21(30-15-19)12-10-18-6-4-5-9-25(18)29/h1-9,11,13-17,26,33H,10,12H2. The third kappa shape index (κ3) is 4.63. The van der Waals surface area contributed by atoms with E-state index in [2.05, 4.69) is 9.97 Å². The van der Waals surface area contributed by atoms with Gasteiger partial charge in [0.05, 0.1) is 9.92 Å². The van der Waals surface area contributed by atoms with Crippen molar-refractivity contribution in [3.63, 3.8) is 0 Å². The van der Waals surface area contributed by atoms with Crippen molar-refractivity contribution in [2.75, 3.05) is 0 Å². The molecule has 6 nitrogen and oxygen atoms in total. The SMILES string of the molecule is O=S(=O)(c1ccccc1)n1cc(C(O)c2ccc(CCc3ccccc3F)nc2)c2cc(Cl)cnc21. The molecule has 2 aromatic carbocycles. The molecule has 1 N–H and O–H groups in total. The Morgan fingerprint density at radius 2 is 1.69 bits per heavy atom. The summed E-state index contributed by atoms with van der Waals surface area (Å²) in [6, 6.07) is 19.7. The van der Waals surface area contributed by atoms with E-state index in [0.717, 1.165) is 9.67 Å². The number of aryl methyl sites for hydroxylation is 2. The molecule has 5 aromatic rings. The molecule has 0 bridgehead atoms. The molecule has 9 heteroatoms. The highest BCUT2D eigenvalue weighted by molar-refractivity contribution is 7.90. The summed E-state index contributed by atoms with van der Waals surface area (Å²) in [7, 11) is -3.96. The van der Waals surface area contributed by atoms with Crippen LogP contribution in [-0.2, 0) is 22.9 Å². The summed E-state index contributed by atoms with van der Waals surface area (Å²) in [6.07, 6.45) is 4.12. The first-order chi connectivity index (χ1) is 17.3. The lowest BCUT2D eigenvalue weighted by Gasteiger charge is -2.11. The maximum absolute atomic E-state index is 13.9. The number of hydrogen-bond donors (Lipinski definition) is 1. The molecule has 0 radical (unpaired) electrons. The Balaban J connectivity index is 1.47. The summed E-state index contributed by atoms with van der Waals surface area (Å²) < 4.78 is 41.6. The van der Waals surface area contributed by atoms with Crippen molar-refractivity contribution in [3.05, 3.63) is 125 Å². The average Bonchev–Trinajstić information content (AvgIpc) is 3.28. The summed E-state index contributed by atoms with van der Waals surface area (Å²) in [5.74, 6) is -0.251. The van der Waals surface area contributed by atoms with Crippen molar-refractivity contribution in [2.45, 2.75) is 23.8 Å². The quantitative estimate of drug-likeness (QED) is 0.313. The Hall–Kier alpha value is -3.59. The molecule has 3 aromatic heterocycles. The van der Waals surface area contributed by atoms with Gasteiger partial charge in [0, 0.05) is 40.8 Å². The molecular formula is C27H21ClFN3O3S. The first kappa shape index (κ1) is 24.1. The zero-order chi connectivity index (χ0) is 25.3. The van der Waals surface area contributed by atoms with Gasteiger partial charge in [0.1, 0.15) is 11.9 Å². The highest BCUT2D eigenvalue weighted by Crippen LogP contribution is 2.33. The number of fused-ring (bicyclic) bond motifs is 1. The summed E-state index contributed by atoms with van der Waals surface area (Å²) in [4.78, 5) is 8.76. The van der Waals surface area contributed by atoms with Gasteiger partial charge >= 0.3 is 0 Å². The molecule has 1 unspecified atom stereocenters. The van der Waals surface area contributed by atoms with Crippen LogP contribution in [0.1, 0.15) is 28.5 Å². The first-order valence-corrected chi connectivity index (χ1v) is 13.0. The zero-order valence-corrected chi connectivity index (χ0v) is 20.5. The maximum atomic E-state index is 13.9. The van der Waals surface area contributed by atoms with Crippen LogP contribution in [0.25, 0.3) is 11.0 Å². The van der Waals surface area contributed by atoms with Gasteiger partial charge in [-0.25, -0.2) is 21.8 Å². The Labute approximate surface area is 212 Å². The van der Waals surface area contributed by atoms with Gasteiger partial charge in [-0.3, -0.25) is 4.98 Å². The second kappa shape index (κ2) is 9.81. The molecule has 3 heterocycles. The Bertz CT molecular complexity index is 1640. The molecule has 0 saturated heterocycles. The molecule has 36 heavy (non-hydrogen) atoms. The molecule has 182 valence electrons. The molecule has 0 spiro atoms. The Kier molecular flexibility index (Phi) is 6.57. The van der Waals surface area contributed by atoms with Crippen LogP contribution in [0.4, 0.5) is 4.39 Å². The van der Waals surface area contributed by atoms with E-state index in [4.69, 9.17) is 11.6 Å². The molecule has 0 fully saturated rings. The minimum atomic E-state index is -3.96. The summed E-state index contributed by atoms with van der Waals surface area (Å²) in [5, 5.41) is 11.9. The molecule has 0 aliphatic carbocycles. The van der Waals surface area contributed by atoms with Crippen LogP contribution >= 0.6 is 11.6 Å². The number of halogens is 2. The van der Waals surface area contributed by atoms with Crippen molar-refractivity contribution in [1.29, 1.82) is 0 Å². The van der Waals surface area contributed by atoms with Gasteiger partial charge in [0.15, 0.2) is 5.65 Å². The van der Waals surface area contributed by atoms with Crippen LogP contribution in [-0.4, -0.2) is 27.5 Å². The summed E-state index contributed by atoms with van der Waals surface area (Å²) in [6.45, 7) is 0. The van der Waals surface area contributed by atoms with Crippen LogP contribution < -0.4 is 0 Å². The molecule has 0 aliphatic heterocycles. The molecule has 1 atom stereocenters. The van der Waals surface area contributed by atoms with Gasteiger partial charge in [0.2, 0.25) is 0 Å². The first-order valence-electron chi connectivity index (χ1n) is 11.2. The van der Waals surface area contributed by atoms with E-state index in [-0.39, 0.29) is 16.4 Å². The van der Waals surface area contributed by atoms with Crippen molar-refractivity contribution in [3.8, 4) is 0 Å². The van der Waals surface area contributed by atoms with E-state index in [1.54, 1.807) is 54.6 Å². The third-order valence-electron chi connectivity index (χ3n) is 5.98. The van der Waals surface area contributed by atoms with E-state index in [1.165, 1.54) is 36.8 Å². The van der Waals surface area contributed by atoms with Gasteiger partial charge < -0.3 is 5.11 Å². The summed E-state index contributed by atoms with van der Waals surface area (Å²) >= 11 is 6.16. The predicted molar refractivity (Wildman–Crippen MR) is 136 cm³/mol. The number of aliphatic hydroxyl groups is 1. The van der Waals surface area contributed by atoms with Crippen LogP contribution in [0.15, 0.2) is 96.3 Å². The van der Waals surface area contributed by atoms with Crippen molar-refractivity contribution < 1.29 is 17.9 Å². The minimum Gasteiger partial charge on any atom is -0.384 e. The fourth-order valence-electron chi connectivity index (χ4n) is 4.07. The van der Waals surface area contributed by atoms with E-state index < -0.39 is 16.1 Å². The maximum Gasteiger partial charge on any atom is 0.269 e. The van der Waals surface area contributed by atoms with Gasteiger partial charge in [0.25, 0.3) is 10.0 Å². The fraction of sp³-hybridized carbons (Fsp3) is 0.111. The lowest BCUT2D eigenvalue weighted by molar-refractivity contribution is 0.221. The topological polar surface area (TPSA) is 85.1 Å². The normalized spacial score (nSPS) is 12.6. The number of nitrogens with zero attached hydrogens (tertiary/aromatic N) is 3. The molecule has 0 saturated carbocycles. The van der Waals surface area contributed by atoms with Gasteiger partial charge in [-0.2, -0.15) is 0 Å². The van der Waals surface area contributed by atoms with Crippen molar-refractivity contribution in [1.82, 2.24) is 13.9 Å². The van der Waals surface area contributed by atoms with E-state index in [0.29, 0.717) is 39.9 Å². The predicted octanol–water partition coefficient (Wildman–Crippen LogP) is 5.33. The van der Waals surface area contributed by atoms with Gasteiger partial charge in [-0.15, -0.1) is 0 Å². The summed E-state index contributed by atoms with van der Waals surface area (Å²) in [5.41, 5.74) is 2.32. The number of rotatable bonds is 7. The van der Waals surface area contributed by atoms with Crippen molar-refractivity contribution >= 4 is 32.7 Å². The van der Waals surface area contributed by atoms with E-state index in [9.17, 15) is 17.9 Å². The second-order valence-electron chi connectivity index (χ2n) is 8.30. The molecular weight excluding hydrogens is 501 g/mol. The number of aromatic nitrogens is 3. The number of pyridine rings is 2. The lowest BCUT2D eigenvalue weighted by atomic mass is 10.0. The Morgan fingerprint density at radius 3 is 2.42 bits per heavy atom. The molecule has 0 amide bonds. The number of hydrogen-bond acceptors (Lipinski definition) is 5. The van der Waals surface area contributed by atoms with Crippen molar-refractivity contribution in [2.24, 2.45) is 0 Å². The van der Waals surface area contributed by atoms with Gasteiger partial charge in [-0.1, -0.05) is 54.1 Å². The van der Waals surface area contributed by atoms with Gasteiger partial charge in [-0.05, 0) is 48.7 Å². The molecule has 5 rings (SSSR count). The third-order valence-corrected chi connectivity index (χ3v) is 7.85. The van der Waals surface area contributed by atoms with Crippen LogP contribution in [0.2, 0.25) is 5.02 Å². The van der Waals surface area contributed by atoms with Crippen LogP contribution in [0, 0.1) is 5.82 Å². The largest absolute Gasteiger partial charge is 0.384 e. The fourth-order valence-corrected chi connectivity index (χ4v) is 5.58. The van der Waals surface area contributed by atoms with Crippen LogP contribution in [0.3, 0.4) is 0 Å². The van der Waals surface area contributed by atoms with Crippen LogP contribution in [0.5, 0.6) is 0 Å². The monoisotopic (exact) mass is 521 g/mol. The number of aliphatic hydroxyl groups excluding tert-OH is 1. The zero-order valence-electron chi connectivity index (χ0n) is 18.9. The minimum absolute atomic E-state index is 0.0977. The smallest absolute Gasteiger partial charge is 0.269 e. The average molecular weight is 522 g/mol. The second-order valence-corrected chi connectivity index (χ2v) is 10.6. The van der Waals surface area contributed by atoms with E-state index >= 15 is 0 Å². The highest BCUT2D eigenvalue weighted by Gasteiger charge is 2.25. The lowest BCUT2D eigenvalue weighted by Crippen LogP contribution is -2.12. The highest BCUT2D eigenvalue weighted by atomic mass is 35.5. The number of benzene rings is 2.